The van der Waals surface area contributed by atoms with Crippen LogP contribution >= 0.6 is 0 Å². The predicted octanol–water partition coefficient (Wildman–Crippen LogP) is 1.05. The highest BCUT2D eigenvalue weighted by Crippen LogP contribution is 2.29. The molecule has 2 N–H and O–H groups in total. The molecule has 7 heteroatoms. The summed E-state index contributed by atoms with van der Waals surface area (Å²) in [6.45, 7) is 7.55. The Balaban J connectivity index is 1.94. The summed E-state index contributed by atoms with van der Waals surface area (Å²) in [4.78, 5) is 27.7. The van der Waals surface area contributed by atoms with Crippen LogP contribution in [-0.2, 0) is 4.79 Å². The van der Waals surface area contributed by atoms with E-state index >= 15 is 0 Å². The van der Waals surface area contributed by atoms with E-state index in [0.717, 1.165) is 37.6 Å². The van der Waals surface area contributed by atoms with Crippen molar-refractivity contribution < 1.29 is 14.3 Å². The number of rotatable bonds is 5. The lowest BCUT2D eigenvalue weighted by molar-refractivity contribution is -0.124. The maximum Gasteiger partial charge on any atom is 0.321 e. The Morgan fingerprint density at radius 2 is 1.88 bits per heavy atom. The van der Waals surface area contributed by atoms with Gasteiger partial charge >= 0.3 is 6.03 Å². The van der Waals surface area contributed by atoms with Crippen LogP contribution < -0.4 is 20.3 Å². The summed E-state index contributed by atoms with van der Waals surface area (Å²) in [5.41, 5.74) is 1.08. The van der Waals surface area contributed by atoms with Crippen LogP contribution in [0.3, 0.4) is 0 Å². The van der Waals surface area contributed by atoms with Crippen molar-refractivity contribution in [3.05, 3.63) is 24.3 Å². The summed E-state index contributed by atoms with van der Waals surface area (Å²) in [7, 11) is 1.49. The summed E-state index contributed by atoms with van der Waals surface area (Å²) >= 11 is 0. The van der Waals surface area contributed by atoms with Gasteiger partial charge in [-0.15, -0.1) is 0 Å². The van der Waals surface area contributed by atoms with Gasteiger partial charge in [0.15, 0.2) is 0 Å². The van der Waals surface area contributed by atoms with E-state index in [9.17, 15) is 9.59 Å². The van der Waals surface area contributed by atoms with Crippen LogP contribution in [0.1, 0.15) is 13.8 Å². The number of anilines is 1. The zero-order valence-corrected chi connectivity index (χ0v) is 14.5. The van der Waals surface area contributed by atoms with Gasteiger partial charge in [0.25, 0.3) is 0 Å². The topological polar surface area (TPSA) is 73.9 Å². The maximum absolute atomic E-state index is 12.1. The van der Waals surface area contributed by atoms with E-state index in [1.807, 2.05) is 32.0 Å². The fourth-order valence-electron chi connectivity index (χ4n) is 2.79. The molecule has 1 atom stereocenters. The lowest BCUT2D eigenvalue weighted by atomic mass is 10.2. The summed E-state index contributed by atoms with van der Waals surface area (Å²) < 4.78 is 5.70. The molecule has 0 saturated carbocycles. The average molecular weight is 334 g/mol. The number of urea groups is 1. The van der Waals surface area contributed by atoms with Crippen LogP contribution in [0.25, 0.3) is 0 Å². The highest BCUT2D eigenvalue weighted by atomic mass is 16.5. The summed E-state index contributed by atoms with van der Waals surface area (Å²) in [5, 5.41) is 4.72. The zero-order chi connectivity index (χ0) is 17.5. The molecule has 0 aromatic heterocycles. The second-order valence-electron chi connectivity index (χ2n) is 5.67. The highest BCUT2D eigenvalue weighted by Gasteiger charge is 2.27. The van der Waals surface area contributed by atoms with E-state index in [2.05, 4.69) is 26.5 Å². The molecular weight excluding hydrogens is 308 g/mol. The van der Waals surface area contributed by atoms with Gasteiger partial charge in [-0.2, -0.15) is 0 Å². The minimum Gasteiger partial charge on any atom is -0.492 e. The molecule has 0 bridgehead atoms. The van der Waals surface area contributed by atoms with Crippen molar-refractivity contribution in [2.45, 2.75) is 19.9 Å². The minimum atomic E-state index is -0.476. The SMILES string of the molecule is CCOc1ccccc1N1CCN([C@H](C)C(=O)NC(=O)NC)CC1. The molecule has 7 nitrogen and oxygen atoms in total. The van der Waals surface area contributed by atoms with E-state index in [4.69, 9.17) is 4.74 Å². The Labute approximate surface area is 142 Å². The van der Waals surface area contributed by atoms with Gasteiger partial charge in [-0.25, -0.2) is 4.79 Å². The van der Waals surface area contributed by atoms with Crippen molar-refractivity contribution in [1.29, 1.82) is 0 Å². The molecule has 2 rings (SSSR count). The van der Waals surface area contributed by atoms with Crippen molar-refractivity contribution in [1.82, 2.24) is 15.5 Å². The van der Waals surface area contributed by atoms with Gasteiger partial charge in [-0.05, 0) is 26.0 Å². The predicted molar refractivity (Wildman–Crippen MR) is 93.5 cm³/mol. The van der Waals surface area contributed by atoms with Crippen LogP contribution in [0.2, 0.25) is 0 Å². The molecule has 1 aromatic rings. The number of hydrogen-bond acceptors (Lipinski definition) is 5. The molecule has 1 aliphatic rings. The smallest absolute Gasteiger partial charge is 0.321 e. The second-order valence-corrected chi connectivity index (χ2v) is 5.67. The monoisotopic (exact) mass is 334 g/mol. The van der Waals surface area contributed by atoms with Crippen LogP contribution in [-0.4, -0.2) is 62.7 Å². The van der Waals surface area contributed by atoms with Crippen molar-refractivity contribution >= 4 is 17.6 Å². The van der Waals surface area contributed by atoms with Crippen LogP contribution in [0.4, 0.5) is 10.5 Å². The third kappa shape index (κ3) is 4.38. The third-order valence-corrected chi connectivity index (χ3v) is 4.21. The van der Waals surface area contributed by atoms with Gasteiger partial charge in [0.05, 0.1) is 18.3 Å². The molecule has 1 aliphatic heterocycles. The first kappa shape index (κ1) is 18.1. The van der Waals surface area contributed by atoms with E-state index in [-0.39, 0.29) is 11.9 Å². The fourth-order valence-corrected chi connectivity index (χ4v) is 2.79. The van der Waals surface area contributed by atoms with E-state index in [0.29, 0.717) is 6.61 Å². The number of imide groups is 1. The summed E-state index contributed by atoms with van der Waals surface area (Å²) in [6.07, 6.45) is 0. The highest BCUT2D eigenvalue weighted by molar-refractivity contribution is 5.96. The molecule has 24 heavy (non-hydrogen) atoms. The molecule has 0 unspecified atom stereocenters. The van der Waals surface area contributed by atoms with E-state index in [1.165, 1.54) is 7.05 Å². The number of amides is 3. The van der Waals surface area contributed by atoms with Crippen LogP contribution in [0, 0.1) is 0 Å². The molecule has 3 amide bonds. The van der Waals surface area contributed by atoms with Crippen molar-refractivity contribution in [2.24, 2.45) is 0 Å². The Hall–Kier alpha value is -2.28. The Morgan fingerprint density at radius 3 is 2.50 bits per heavy atom. The molecule has 1 aromatic carbocycles. The average Bonchev–Trinajstić information content (AvgIpc) is 2.62. The molecule has 1 saturated heterocycles. The quantitative estimate of drug-likeness (QED) is 0.842. The summed E-state index contributed by atoms with van der Waals surface area (Å²) in [6, 6.07) is 7.19. The number of carbonyl (C=O) groups is 2. The molecule has 0 spiro atoms. The Kier molecular flexibility index (Phi) is 6.43. The van der Waals surface area contributed by atoms with Crippen molar-refractivity contribution in [2.75, 3.05) is 44.7 Å². The number of hydrogen-bond donors (Lipinski definition) is 2. The number of nitrogens with one attached hydrogen (secondary N) is 2. The number of benzene rings is 1. The van der Waals surface area contributed by atoms with E-state index in [1.54, 1.807) is 0 Å². The van der Waals surface area contributed by atoms with Crippen LogP contribution in [0.5, 0.6) is 5.75 Å². The third-order valence-electron chi connectivity index (χ3n) is 4.21. The fraction of sp³-hybridized carbons (Fsp3) is 0.529. The zero-order valence-electron chi connectivity index (χ0n) is 14.5. The number of para-hydroxylation sites is 2. The first-order chi connectivity index (χ1) is 11.6. The van der Waals surface area contributed by atoms with Gasteiger partial charge in [0.1, 0.15) is 5.75 Å². The molecule has 0 radical (unpaired) electrons. The standard InChI is InChI=1S/C17H26N4O3/c1-4-24-15-8-6-5-7-14(15)21-11-9-20(10-12-21)13(2)16(22)19-17(23)18-3/h5-8,13H,4,9-12H2,1-3H3,(H2,18,19,22,23)/t13-/m1/s1. The maximum atomic E-state index is 12.1. The lowest BCUT2D eigenvalue weighted by Crippen LogP contribution is -2.55. The van der Waals surface area contributed by atoms with Gasteiger partial charge in [0.2, 0.25) is 5.91 Å². The lowest BCUT2D eigenvalue weighted by Gasteiger charge is -2.38. The number of nitrogens with zero attached hydrogens (tertiary/aromatic N) is 2. The molecule has 1 heterocycles. The Morgan fingerprint density at radius 1 is 1.21 bits per heavy atom. The Bertz CT molecular complexity index is 571. The normalized spacial score (nSPS) is 16.4. The van der Waals surface area contributed by atoms with Gasteiger partial charge < -0.3 is 15.0 Å². The number of ether oxygens (including phenoxy) is 1. The number of carbonyl (C=O) groups excluding carboxylic acids is 2. The molecule has 1 fully saturated rings. The van der Waals surface area contributed by atoms with Crippen molar-refractivity contribution in [3.8, 4) is 5.75 Å². The first-order valence-electron chi connectivity index (χ1n) is 8.30. The molecule has 0 aliphatic carbocycles. The van der Waals surface area contributed by atoms with Crippen LogP contribution in [0.15, 0.2) is 24.3 Å². The minimum absolute atomic E-state index is 0.280. The molecule has 132 valence electrons. The van der Waals surface area contributed by atoms with Gasteiger partial charge in [0, 0.05) is 33.2 Å². The first-order valence-corrected chi connectivity index (χ1v) is 8.30. The van der Waals surface area contributed by atoms with Gasteiger partial charge in [-0.3, -0.25) is 15.0 Å². The largest absolute Gasteiger partial charge is 0.492 e. The molecular formula is C17H26N4O3. The van der Waals surface area contributed by atoms with Gasteiger partial charge in [-0.1, -0.05) is 12.1 Å². The summed E-state index contributed by atoms with van der Waals surface area (Å²) in [5.74, 6) is 0.608. The second kappa shape index (κ2) is 8.54. The van der Waals surface area contributed by atoms with Crippen molar-refractivity contribution in [3.63, 3.8) is 0 Å². The number of piperazine rings is 1. The van der Waals surface area contributed by atoms with E-state index < -0.39 is 6.03 Å².